The number of hydrogen-bond donors (Lipinski definition) is 2. The van der Waals surface area contributed by atoms with E-state index in [0.717, 1.165) is 38.7 Å². The topological polar surface area (TPSA) is 58.6 Å². The van der Waals surface area contributed by atoms with Crippen LogP contribution in [-0.2, 0) is 9.53 Å². The van der Waals surface area contributed by atoms with Gasteiger partial charge in [0.1, 0.15) is 5.54 Å². The van der Waals surface area contributed by atoms with Crippen LogP contribution in [0.5, 0.6) is 0 Å². The number of rotatable bonds is 4. The zero-order chi connectivity index (χ0) is 13.2. The predicted molar refractivity (Wildman–Crippen MR) is 69.5 cm³/mol. The second kappa shape index (κ2) is 5.57. The normalized spacial score (nSPS) is 40.9. The SMILES string of the molecule is CC1CCC(C)C(NCC2CCCO2)(C(=O)O)C1. The van der Waals surface area contributed by atoms with Gasteiger partial charge in [-0.1, -0.05) is 20.3 Å². The van der Waals surface area contributed by atoms with E-state index in [1.165, 1.54) is 0 Å². The molecule has 104 valence electrons. The van der Waals surface area contributed by atoms with Gasteiger partial charge in [0, 0.05) is 13.2 Å². The summed E-state index contributed by atoms with van der Waals surface area (Å²) in [5.74, 6) is -0.0264. The standard InChI is InChI=1S/C14H25NO3/c1-10-5-6-11(2)14(8-10,13(16)17)15-9-12-4-3-7-18-12/h10-12,15H,3-9H2,1-2H3,(H,16,17). The van der Waals surface area contributed by atoms with Crippen LogP contribution in [0.2, 0.25) is 0 Å². The molecule has 18 heavy (non-hydrogen) atoms. The molecule has 1 saturated heterocycles. The first-order chi connectivity index (χ1) is 8.54. The molecule has 0 radical (unpaired) electrons. The van der Waals surface area contributed by atoms with Gasteiger partial charge in [-0.2, -0.15) is 0 Å². The van der Waals surface area contributed by atoms with Gasteiger partial charge in [-0.25, -0.2) is 0 Å². The average Bonchev–Trinajstić information content (AvgIpc) is 2.83. The predicted octanol–water partition coefficient (Wildman–Crippen LogP) is 2.03. The van der Waals surface area contributed by atoms with Crippen molar-refractivity contribution in [3.05, 3.63) is 0 Å². The molecule has 2 rings (SSSR count). The van der Waals surface area contributed by atoms with Crippen molar-refractivity contribution in [3.63, 3.8) is 0 Å². The molecule has 4 nitrogen and oxygen atoms in total. The fourth-order valence-electron chi connectivity index (χ4n) is 3.36. The summed E-state index contributed by atoms with van der Waals surface area (Å²) >= 11 is 0. The van der Waals surface area contributed by atoms with Gasteiger partial charge in [0.2, 0.25) is 0 Å². The maximum Gasteiger partial charge on any atom is 0.324 e. The van der Waals surface area contributed by atoms with E-state index in [9.17, 15) is 9.90 Å². The highest BCUT2D eigenvalue weighted by atomic mass is 16.5. The van der Waals surface area contributed by atoms with E-state index in [-0.39, 0.29) is 12.0 Å². The number of nitrogens with one attached hydrogen (secondary N) is 1. The van der Waals surface area contributed by atoms with Crippen molar-refractivity contribution in [2.24, 2.45) is 11.8 Å². The van der Waals surface area contributed by atoms with Crippen molar-refractivity contribution in [3.8, 4) is 0 Å². The quantitative estimate of drug-likeness (QED) is 0.807. The second-order valence-corrected chi connectivity index (χ2v) is 6.08. The number of aliphatic carboxylic acids is 1. The molecule has 2 N–H and O–H groups in total. The van der Waals surface area contributed by atoms with E-state index in [1.54, 1.807) is 0 Å². The number of ether oxygens (including phenoxy) is 1. The third-order valence-corrected chi connectivity index (χ3v) is 4.65. The lowest BCUT2D eigenvalue weighted by Crippen LogP contribution is -2.60. The molecule has 2 aliphatic rings. The Balaban J connectivity index is 2.02. The van der Waals surface area contributed by atoms with Gasteiger partial charge in [0.15, 0.2) is 0 Å². The summed E-state index contributed by atoms with van der Waals surface area (Å²) in [6.45, 7) is 5.70. The summed E-state index contributed by atoms with van der Waals surface area (Å²) in [6.07, 6.45) is 5.20. The first-order valence-electron chi connectivity index (χ1n) is 7.14. The first kappa shape index (κ1) is 13.8. The number of carboxylic acid groups (broad SMARTS) is 1. The molecule has 0 aromatic heterocycles. The maximum atomic E-state index is 11.7. The Morgan fingerprint density at radius 1 is 1.39 bits per heavy atom. The highest BCUT2D eigenvalue weighted by molar-refractivity contribution is 5.79. The van der Waals surface area contributed by atoms with Crippen LogP contribution in [0, 0.1) is 11.8 Å². The van der Waals surface area contributed by atoms with Crippen molar-refractivity contribution < 1.29 is 14.6 Å². The van der Waals surface area contributed by atoms with Crippen LogP contribution in [-0.4, -0.2) is 35.9 Å². The lowest BCUT2D eigenvalue weighted by molar-refractivity contribution is -0.150. The van der Waals surface area contributed by atoms with Crippen molar-refractivity contribution >= 4 is 5.97 Å². The molecule has 4 atom stereocenters. The van der Waals surface area contributed by atoms with Crippen molar-refractivity contribution in [1.29, 1.82) is 0 Å². The molecule has 1 saturated carbocycles. The Bertz CT molecular complexity index is 301. The highest BCUT2D eigenvalue weighted by Crippen LogP contribution is 2.37. The summed E-state index contributed by atoms with van der Waals surface area (Å²) in [5, 5.41) is 13.0. The fraction of sp³-hybridized carbons (Fsp3) is 0.929. The molecule has 0 bridgehead atoms. The van der Waals surface area contributed by atoms with Gasteiger partial charge in [-0.15, -0.1) is 0 Å². The maximum absolute atomic E-state index is 11.7. The molecule has 0 aromatic rings. The summed E-state index contributed by atoms with van der Waals surface area (Å²) in [7, 11) is 0. The molecule has 4 heteroatoms. The van der Waals surface area contributed by atoms with Gasteiger partial charge in [-0.3, -0.25) is 10.1 Å². The van der Waals surface area contributed by atoms with Crippen LogP contribution in [0.3, 0.4) is 0 Å². The average molecular weight is 255 g/mol. The summed E-state index contributed by atoms with van der Waals surface area (Å²) in [6, 6.07) is 0. The molecular weight excluding hydrogens is 230 g/mol. The lowest BCUT2D eigenvalue weighted by Gasteiger charge is -2.42. The van der Waals surface area contributed by atoms with Gasteiger partial charge < -0.3 is 9.84 Å². The monoisotopic (exact) mass is 255 g/mol. The molecule has 0 amide bonds. The number of carboxylic acids is 1. The van der Waals surface area contributed by atoms with E-state index in [4.69, 9.17) is 4.74 Å². The van der Waals surface area contributed by atoms with Crippen LogP contribution in [0.1, 0.15) is 46.0 Å². The van der Waals surface area contributed by atoms with Crippen LogP contribution in [0.25, 0.3) is 0 Å². The Labute approximate surface area is 109 Å². The van der Waals surface area contributed by atoms with E-state index in [2.05, 4.69) is 19.2 Å². The summed E-state index contributed by atoms with van der Waals surface area (Å²) in [4.78, 5) is 11.7. The third kappa shape index (κ3) is 2.69. The van der Waals surface area contributed by atoms with Crippen LogP contribution >= 0.6 is 0 Å². The van der Waals surface area contributed by atoms with E-state index < -0.39 is 11.5 Å². The Kier molecular flexibility index (Phi) is 4.28. The summed E-state index contributed by atoms with van der Waals surface area (Å²) in [5.41, 5.74) is -0.746. The van der Waals surface area contributed by atoms with E-state index >= 15 is 0 Å². The highest BCUT2D eigenvalue weighted by Gasteiger charge is 2.47. The minimum absolute atomic E-state index is 0.188. The first-order valence-corrected chi connectivity index (χ1v) is 7.14. The van der Waals surface area contributed by atoms with E-state index in [0.29, 0.717) is 12.5 Å². The van der Waals surface area contributed by atoms with Crippen LogP contribution in [0.4, 0.5) is 0 Å². The minimum atomic E-state index is -0.746. The molecule has 0 spiro atoms. The lowest BCUT2D eigenvalue weighted by atomic mass is 9.69. The van der Waals surface area contributed by atoms with Gasteiger partial charge in [-0.05, 0) is 37.5 Å². The van der Waals surface area contributed by atoms with E-state index in [1.807, 2.05) is 0 Å². The molecule has 4 unspecified atom stereocenters. The molecule has 1 aliphatic heterocycles. The Morgan fingerprint density at radius 2 is 2.17 bits per heavy atom. The molecule has 2 fully saturated rings. The van der Waals surface area contributed by atoms with Gasteiger partial charge in [0.05, 0.1) is 6.10 Å². The Morgan fingerprint density at radius 3 is 2.78 bits per heavy atom. The smallest absolute Gasteiger partial charge is 0.324 e. The van der Waals surface area contributed by atoms with Gasteiger partial charge in [0.25, 0.3) is 0 Å². The fourth-order valence-corrected chi connectivity index (χ4v) is 3.36. The molecular formula is C14H25NO3. The largest absolute Gasteiger partial charge is 0.480 e. The van der Waals surface area contributed by atoms with Crippen molar-refractivity contribution in [2.75, 3.05) is 13.2 Å². The minimum Gasteiger partial charge on any atom is -0.480 e. The van der Waals surface area contributed by atoms with Crippen LogP contribution in [0.15, 0.2) is 0 Å². The third-order valence-electron chi connectivity index (χ3n) is 4.65. The zero-order valence-electron chi connectivity index (χ0n) is 11.4. The summed E-state index contributed by atoms with van der Waals surface area (Å²) < 4.78 is 5.58. The van der Waals surface area contributed by atoms with Crippen molar-refractivity contribution in [1.82, 2.24) is 5.32 Å². The number of carbonyl (C=O) groups is 1. The molecule has 0 aromatic carbocycles. The Hall–Kier alpha value is -0.610. The van der Waals surface area contributed by atoms with Gasteiger partial charge >= 0.3 is 5.97 Å². The van der Waals surface area contributed by atoms with Crippen LogP contribution < -0.4 is 5.32 Å². The molecule has 1 aliphatic carbocycles. The second-order valence-electron chi connectivity index (χ2n) is 6.08. The number of hydrogen-bond acceptors (Lipinski definition) is 3. The van der Waals surface area contributed by atoms with Crippen molar-refractivity contribution in [2.45, 2.75) is 57.6 Å². The zero-order valence-corrected chi connectivity index (χ0v) is 11.4. The molecule has 1 heterocycles.